The number of carbonyl (C=O) groups is 1. The largest absolute Gasteiger partial charge is 0.272 e. The van der Waals surface area contributed by atoms with E-state index in [4.69, 9.17) is 0 Å². The quantitative estimate of drug-likeness (QED) is 0.453. The van der Waals surface area contributed by atoms with E-state index >= 15 is 0 Å². The standard InChI is InChI=1S/C4H6NOS/c1-3-5-4(6)2-7-3/h3H,2H2,1H3. The molecule has 0 aromatic heterocycles. The average Bonchev–Trinajstić information content (AvgIpc) is 1.87. The van der Waals surface area contributed by atoms with Gasteiger partial charge in [-0.2, -0.15) is 0 Å². The third-order valence-corrected chi connectivity index (χ3v) is 1.78. The Kier molecular flexibility index (Phi) is 1.23. The Morgan fingerprint density at radius 3 is 2.86 bits per heavy atom. The van der Waals surface area contributed by atoms with Crippen LogP contribution in [0.15, 0.2) is 0 Å². The summed E-state index contributed by atoms with van der Waals surface area (Å²) in [5, 5.41) is 3.93. The van der Waals surface area contributed by atoms with E-state index in [-0.39, 0.29) is 11.3 Å². The number of carbonyl (C=O) groups excluding carboxylic acids is 1. The Bertz CT molecular complexity index is 93.7. The second-order valence-electron chi connectivity index (χ2n) is 1.43. The number of thioether (sulfide) groups is 1. The van der Waals surface area contributed by atoms with Crippen molar-refractivity contribution >= 4 is 17.7 Å². The Labute approximate surface area is 46.7 Å². The number of hydrogen-bond acceptors (Lipinski definition) is 2. The van der Waals surface area contributed by atoms with Crippen LogP contribution >= 0.6 is 11.8 Å². The van der Waals surface area contributed by atoms with Crippen LogP contribution in [0.4, 0.5) is 0 Å². The van der Waals surface area contributed by atoms with Gasteiger partial charge in [-0.05, 0) is 6.92 Å². The van der Waals surface area contributed by atoms with Crippen LogP contribution in [-0.2, 0) is 4.79 Å². The first-order valence-electron chi connectivity index (χ1n) is 2.14. The molecule has 0 spiro atoms. The molecule has 7 heavy (non-hydrogen) atoms. The molecule has 0 aromatic carbocycles. The summed E-state index contributed by atoms with van der Waals surface area (Å²) >= 11 is 1.59. The SMILES string of the molecule is CC1[N]C(=O)CS1. The van der Waals surface area contributed by atoms with Crippen LogP contribution in [0.2, 0.25) is 0 Å². The highest BCUT2D eigenvalue weighted by Gasteiger charge is 2.18. The molecule has 1 fully saturated rings. The summed E-state index contributed by atoms with van der Waals surface area (Å²) in [4.78, 5) is 10.3. The van der Waals surface area contributed by atoms with Gasteiger partial charge in [-0.25, -0.2) is 5.32 Å². The highest BCUT2D eigenvalue weighted by Crippen LogP contribution is 2.14. The molecular weight excluding hydrogens is 110 g/mol. The summed E-state index contributed by atoms with van der Waals surface area (Å²) in [5.74, 6) is 0.624. The first-order chi connectivity index (χ1) is 3.29. The Morgan fingerprint density at radius 2 is 2.71 bits per heavy atom. The molecule has 1 atom stereocenters. The van der Waals surface area contributed by atoms with Crippen LogP contribution in [0.1, 0.15) is 6.92 Å². The molecule has 1 radical (unpaired) electrons. The molecule has 1 amide bonds. The van der Waals surface area contributed by atoms with Crippen LogP contribution in [0, 0.1) is 0 Å². The maximum atomic E-state index is 10.3. The van der Waals surface area contributed by atoms with E-state index in [2.05, 4.69) is 5.32 Å². The summed E-state index contributed by atoms with van der Waals surface area (Å²) < 4.78 is 0. The first kappa shape index (κ1) is 4.97. The minimum atomic E-state index is 0.0394. The smallest absolute Gasteiger partial charge is 0.252 e. The van der Waals surface area contributed by atoms with Crippen molar-refractivity contribution in [2.45, 2.75) is 12.3 Å². The summed E-state index contributed by atoms with van der Waals surface area (Å²) in [7, 11) is 0. The maximum Gasteiger partial charge on any atom is 0.252 e. The van der Waals surface area contributed by atoms with Crippen molar-refractivity contribution in [3.8, 4) is 0 Å². The predicted molar refractivity (Wildman–Crippen MR) is 29.1 cm³/mol. The fourth-order valence-electron chi connectivity index (χ4n) is 0.469. The third kappa shape index (κ3) is 1.09. The first-order valence-corrected chi connectivity index (χ1v) is 3.19. The van der Waals surface area contributed by atoms with Crippen LogP contribution in [0.5, 0.6) is 0 Å². The molecule has 0 bridgehead atoms. The van der Waals surface area contributed by atoms with E-state index in [0.29, 0.717) is 5.75 Å². The summed E-state index contributed by atoms with van der Waals surface area (Å²) in [6.07, 6.45) is 0. The molecule has 1 rings (SSSR count). The van der Waals surface area contributed by atoms with Crippen molar-refractivity contribution < 1.29 is 4.79 Å². The number of nitrogens with zero attached hydrogens (tertiary/aromatic N) is 1. The van der Waals surface area contributed by atoms with Crippen molar-refractivity contribution in [1.29, 1.82) is 0 Å². The minimum Gasteiger partial charge on any atom is -0.272 e. The van der Waals surface area contributed by atoms with Crippen molar-refractivity contribution in [2.24, 2.45) is 0 Å². The lowest BCUT2D eigenvalue weighted by Gasteiger charge is -1.90. The van der Waals surface area contributed by atoms with Crippen LogP contribution in [-0.4, -0.2) is 17.0 Å². The van der Waals surface area contributed by atoms with Gasteiger partial charge in [0.25, 0.3) is 5.91 Å². The Balaban J connectivity index is 2.40. The molecule has 1 saturated heterocycles. The van der Waals surface area contributed by atoms with E-state index in [1.165, 1.54) is 0 Å². The fourth-order valence-corrected chi connectivity index (χ4v) is 1.12. The molecule has 1 heterocycles. The van der Waals surface area contributed by atoms with Crippen LogP contribution in [0.3, 0.4) is 0 Å². The number of hydrogen-bond donors (Lipinski definition) is 0. The van der Waals surface area contributed by atoms with Gasteiger partial charge < -0.3 is 0 Å². The topological polar surface area (TPSA) is 31.2 Å². The second-order valence-corrected chi connectivity index (χ2v) is 2.74. The van der Waals surface area contributed by atoms with Gasteiger partial charge in [0.15, 0.2) is 0 Å². The molecule has 0 aromatic rings. The third-order valence-electron chi connectivity index (χ3n) is 0.774. The molecule has 1 aliphatic rings. The number of amides is 1. The fraction of sp³-hybridized carbons (Fsp3) is 0.750. The monoisotopic (exact) mass is 116 g/mol. The van der Waals surface area contributed by atoms with Gasteiger partial charge in [-0.1, -0.05) is 0 Å². The molecule has 0 N–H and O–H groups in total. The lowest BCUT2D eigenvalue weighted by molar-refractivity contribution is -0.118. The lowest BCUT2D eigenvalue weighted by Crippen LogP contribution is -2.12. The van der Waals surface area contributed by atoms with Gasteiger partial charge in [0.05, 0.1) is 11.1 Å². The molecule has 39 valence electrons. The van der Waals surface area contributed by atoms with Crippen molar-refractivity contribution in [3.05, 3.63) is 0 Å². The van der Waals surface area contributed by atoms with Crippen LogP contribution in [0.25, 0.3) is 0 Å². The molecule has 0 saturated carbocycles. The summed E-state index contributed by atoms with van der Waals surface area (Å²) in [6, 6.07) is 0. The van der Waals surface area contributed by atoms with Crippen LogP contribution < -0.4 is 5.32 Å². The maximum absolute atomic E-state index is 10.3. The van der Waals surface area contributed by atoms with Gasteiger partial charge in [0.2, 0.25) is 0 Å². The van der Waals surface area contributed by atoms with Gasteiger partial charge in [-0.3, -0.25) is 4.79 Å². The Hall–Kier alpha value is -0.180. The van der Waals surface area contributed by atoms with Crippen molar-refractivity contribution in [2.75, 3.05) is 5.75 Å². The van der Waals surface area contributed by atoms with E-state index in [1.54, 1.807) is 11.8 Å². The molecular formula is C4H6NOS. The highest BCUT2D eigenvalue weighted by molar-refractivity contribution is 8.00. The summed E-state index contributed by atoms with van der Waals surface area (Å²) in [5.41, 5.74) is 0. The van der Waals surface area contributed by atoms with Gasteiger partial charge >= 0.3 is 0 Å². The Morgan fingerprint density at radius 1 is 2.00 bits per heavy atom. The van der Waals surface area contributed by atoms with Crippen molar-refractivity contribution in [3.63, 3.8) is 0 Å². The molecule has 2 nitrogen and oxygen atoms in total. The van der Waals surface area contributed by atoms with E-state index in [9.17, 15) is 4.79 Å². The molecule has 3 heteroatoms. The van der Waals surface area contributed by atoms with Gasteiger partial charge in [0.1, 0.15) is 0 Å². The number of rotatable bonds is 0. The predicted octanol–water partition coefficient (Wildman–Crippen LogP) is 0.210. The zero-order chi connectivity index (χ0) is 5.28. The average molecular weight is 116 g/mol. The lowest BCUT2D eigenvalue weighted by atomic mass is 10.6. The zero-order valence-corrected chi connectivity index (χ0v) is 4.86. The van der Waals surface area contributed by atoms with E-state index in [1.807, 2.05) is 6.92 Å². The minimum absolute atomic E-state index is 0.0394. The normalized spacial score (nSPS) is 30.4. The molecule has 1 aliphatic heterocycles. The zero-order valence-electron chi connectivity index (χ0n) is 4.05. The highest BCUT2D eigenvalue weighted by atomic mass is 32.2. The summed E-state index contributed by atoms with van der Waals surface area (Å²) in [6.45, 7) is 1.93. The molecule has 1 unspecified atom stereocenters. The second kappa shape index (κ2) is 1.74. The van der Waals surface area contributed by atoms with E-state index in [0.717, 1.165) is 0 Å². The van der Waals surface area contributed by atoms with E-state index < -0.39 is 0 Å². The van der Waals surface area contributed by atoms with Gasteiger partial charge in [-0.15, -0.1) is 11.8 Å². The van der Waals surface area contributed by atoms with Gasteiger partial charge in [0, 0.05) is 0 Å². The van der Waals surface area contributed by atoms with Crippen molar-refractivity contribution in [1.82, 2.24) is 5.32 Å². The molecule has 0 aliphatic carbocycles.